The molecular formula is C19H20F2N4. The van der Waals surface area contributed by atoms with Crippen molar-refractivity contribution in [2.24, 2.45) is 0 Å². The Labute approximate surface area is 145 Å². The van der Waals surface area contributed by atoms with Gasteiger partial charge in [-0.3, -0.25) is 0 Å². The van der Waals surface area contributed by atoms with Gasteiger partial charge in [-0.15, -0.1) is 5.10 Å². The Morgan fingerprint density at radius 1 is 1.16 bits per heavy atom. The molecule has 1 fully saturated rings. The van der Waals surface area contributed by atoms with Gasteiger partial charge in [-0.05, 0) is 35.2 Å². The van der Waals surface area contributed by atoms with Gasteiger partial charge in [0.25, 0.3) is 0 Å². The van der Waals surface area contributed by atoms with E-state index < -0.39 is 6.17 Å². The van der Waals surface area contributed by atoms with E-state index in [0.717, 1.165) is 16.6 Å². The van der Waals surface area contributed by atoms with Crippen LogP contribution in [0.2, 0.25) is 0 Å². The molecule has 0 atom stereocenters. The third-order valence-electron chi connectivity index (χ3n) is 4.60. The van der Waals surface area contributed by atoms with Gasteiger partial charge in [0.1, 0.15) is 17.7 Å². The summed E-state index contributed by atoms with van der Waals surface area (Å²) in [5, 5.41) is 5.26. The smallest absolute Gasteiger partial charge is 0.181 e. The van der Waals surface area contributed by atoms with Crippen molar-refractivity contribution in [1.29, 1.82) is 0 Å². The van der Waals surface area contributed by atoms with Crippen LogP contribution in [0.5, 0.6) is 0 Å². The van der Waals surface area contributed by atoms with Gasteiger partial charge in [-0.1, -0.05) is 20.8 Å². The van der Waals surface area contributed by atoms with E-state index in [1.165, 1.54) is 10.7 Å². The first-order valence-corrected chi connectivity index (χ1v) is 8.36. The minimum Gasteiger partial charge on any atom is -0.365 e. The van der Waals surface area contributed by atoms with Crippen LogP contribution in [0.1, 0.15) is 26.3 Å². The molecule has 1 aromatic carbocycles. The third-order valence-corrected chi connectivity index (χ3v) is 4.60. The second kappa shape index (κ2) is 5.51. The number of rotatable bonds is 2. The Kier molecular flexibility index (Phi) is 3.52. The first kappa shape index (κ1) is 16.0. The second-order valence-electron chi connectivity index (χ2n) is 7.60. The summed E-state index contributed by atoms with van der Waals surface area (Å²) in [5.41, 5.74) is 2.80. The van der Waals surface area contributed by atoms with Crippen LogP contribution in [0, 0.1) is 5.82 Å². The van der Waals surface area contributed by atoms with E-state index >= 15 is 0 Å². The minimum absolute atomic E-state index is 0.0190. The molecule has 4 nitrogen and oxygen atoms in total. The predicted octanol–water partition coefficient (Wildman–Crippen LogP) is 4.02. The molecule has 0 amide bonds. The standard InChI is InChI=1S/C19H20F2N4/c1-19(2,3)13-6-12-9-25(23-18(12)22-8-13)17-7-15(4-5-16(17)21)24-10-14(20)11-24/h4-9,14H,10-11H2,1-3H3. The highest BCUT2D eigenvalue weighted by atomic mass is 19.1. The lowest BCUT2D eigenvalue weighted by Gasteiger charge is -2.36. The first-order valence-electron chi connectivity index (χ1n) is 8.36. The van der Waals surface area contributed by atoms with Gasteiger partial charge in [0.15, 0.2) is 5.65 Å². The van der Waals surface area contributed by atoms with Crippen LogP contribution >= 0.6 is 0 Å². The van der Waals surface area contributed by atoms with Crippen molar-refractivity contribution in [1.82, 2.24) is 14.8 Å². The summed E-state index contributed by atoms with van der Waals surface area (Å²) in [6, 6.07) is 6.81. The molecule has 25 heavy (non-hydrogen) atoms. The predicted molar refractivity (Wildman–Crippen MR) is 94.6 cm³/mol. The maximum absolute atomic E-state index is 14.3. The number of nitrogens with zero attached hydrogens (tertiary/aromatic N) is 4. The SMILES string of the molecule is CC(C)(C)c1cnc2nn(-c3cc(N4CC(F)C4)ccc3F)cc2c1. The summed E-state index contributed by atoms with van der Waals surface area (Å²) in [6.07, 6.45) is 2.79. The highest BCUT2D eigenvalue weighted by Gasteiger charge is 2.27. The number of anilines is 1. The number of hydrogen-bond acceptors (Lipinski definition) is 3. The average molecular weight is 342 g/mol. The van der Waals surface area contributed by atoms with Gasteiger partial charge < -0.3 is 4.90 Å². The number of aromatic nitrogens is 3. The van der Waals surface area contributed by atoms with Gasteiger partial charge in [-0.25, -0.2) is 18.4 Å². The van der Waals surface area contributed by atoms with Gasteiger partial charge >= 0.3 is 0 Å². The largest absolute Gasteiger partial charge is 0.365 e. The maximum atomic E-state index is 14.3. The second-order valence-corrected chi connectivity index (χ2v) is 7.60. The van der Waals surface area contributed by atoms with Crippen molar-refractivity contribution >= 4 is 16.7 Å². The number of hydrogen-bond donors (Lipinski definition) is 0. The number of benzene rings is 1. The van der Waals surface area contributed by atoms with E-state index in [-0.39, 0.29) is 11.2 Å². The quantitative estimate of drug-likeness (QED) is 0.705. The fourth-order valence-electron chi connectivity index (χ4n) is 2.96. The molecule has 2 aromatic heterocycles. The van der Waals surface area contributed by atoms with E-state index in [0.29, 0.717) is 24.4 Å². The molecule has 3 heterocycles. The number of fused-ring (bicyclic) bond motifs is 1. The van der Waals surface area contributed by atoms with Crippen molar-refractivity contribution in [3.63, 3.8) is 0 Å². The molecule has 130 valence electrons. The van der Waals surface area contributed by atoms with Crippen molar-refractivity contribution in [3.05, 3.63) is 48.0 Å². The Morgan fingerprint density at radius 3 is 2.60 bits per heavy atom. The van der Waals surface area contributed by atoms with Crippen LogP contribution in [0.3, 0.4) is 0 Å². The molecule has 1 saturated heterocycles. The Morgan fingerprint density at radius 2 is 1.92 bits per heavy atom. The Hall–Kier alpha value is -2.50. The van der Waals surface area contributed by atoms with Crippen molar-refractivity contribution < 1.29 is 8.78 Å². The normalized spacial score (nSPS) is 15.6. The van der Waals surface area contributed by atoms with Crippen LogP contribution in [0.15, 0.2) is 36.7 Å². The summed E-state index contributed by atoms with van der Waals surface area (Å²) >= 11 is 0. The monoisotopic (exact) mass is 342 g/mol. The molecule has 0 N–H and O–H groups in total. The van der Waals surface area contributed by atoms with Crippen molar-refractivity contribution in [2.45, 2.75) is 32.4 Å². The minimum atomic E-state index is -0.805. The van der Waals surface area contributed by atoms with Crippen molar-refractivity contribution in [3.8, 4) is 5.69 Å². The fraction of sp³-hybridized carbons (Fsp3) is 0.368. The molecule has 4 rings (SSSR count). The van der Waals surface area contributed by atoms with E-state index in [2.05, 4.69) is 30.9 Å². The van der Waals surface area contributed by atoms with E-state index in [4.69, 9.17) is 0 Å². The lowest BCUT2D eigenvalue weighted by molar-refractivity contribution is 0.275. The summed E-state index contributed by atoms with van der Waals surface area (Å²) < 4.78 is 28.9. The topological polar surface area (TPSA) is 34.0 Å². The zero-order chi connectivity index (χ0) is 17.8. The van der Waals surface area contributed by atoms with Crippen LogP contribution in [-0.2, 0) is 5.41 Å². The molecule has 1 aliphatic rings. The third kappa shape index (κ3) is 2.86. The highest BCUT2D eigenvalue weighted by Crippen LogP contribution is 2.28. The highest BCUT2D eigenvalue weighted by molar-refractivity contribution is 5.75. The summed E-state index contributed by atoms with van der Waals surface area (Å²) in [7, 11) is 0. The van der Waals surface area contributed by atoms with Crippen LogP contribution in [0.4, 0.5) is 14.5 Å². The molecule has 0 aliphatic carbocycles. The molecule has 3 aromatic rings. The zero-order valence-electron chi connectivity index (χ0n) is 14.5. The molecule has 0 bridgehead atoms. The lowest BCUT2D eigenvalue weighted by atomic mass is 9.88. The van der Waals surface area contributed by atoms with Gasteiger partial charge in [0.2, 0.25) is 0 Å². The Bertz CT molecular complexity index is 936. The molecule has 0 spiro atoms. The van der Waals surface area contributed by atoms with Gasteiger partial charge in [0.05, 0.1) is 13.1 Å². The fourth-order valence-corrected chi connectivity index (χ4v) is 2.96. The van der Waals surface area contributed by atoms with E-state index in [9.17, 15) is 8.78 Å². The summed E-state index contributed by atoms with van der Waals surface area (Å²) in [5.74, 6) is -0.370. The average Bonchev–Trinajstić information content (AvgIpc) is 2.94. The number of halogens is 2. The molecule has 1 aliphatic heterocycles. The molecule has 6 heteroatoms. The first-order chi connectivity index (χ1) is 11.8. The molecule has 0 unspecified atom stereocenters. The molecule has 0 saturated carbocycles. The lowest BCUT2D eigenvalue weighted by Crippen LogP contribution is -2.48. The van der Waals surface area contributed by atoms with E-state index in [1.807, 2.05) is 17.2 Å². The Balaban J connectivity index is 1.75. The number of pyridine rings is 1. The van der Waals surface area contributed by atoms with Crippen LogP contribution in [0.25, 0.3) is 16.7 Å². The van der Waals surface area contributed by atoms with Crippen LogP contribution in [-0.4, -0.2) is 34.0 Å². The van der Waals surface area contributed by atoms with Crippen molar-refractivity contribution in [2.75, 3.05) is 18.0 Å². The van der Waals surface area contributed by atoms with Gasteiger partial charge in [0, 0.05) is 23.5 Å². The van der Waals surface area contributed by atoms with E-state index in [1.54, 1.807) is 18.3 Å². The number of alkyl halides is 1. The maximum Gasteiger partial charge on any atom is 0.181 e. The van der Waals surface area contributed by atoms with Crippen LogP contribution < -0.4 is 4.90 Å². The summed E-state index contributed by atoms with van der Waals surface area (Å²) in [6.45, 7) is 7.06. The zero-order valence-corrected chi connectivity index (χ0v) is 14.5. The molecule has 0 radical (unpaired) electrons. The summed E-state index contributed by atoms with van der Waals surface area (Å²) in [4.78, 5) is 6.29. The molecular weight excluding hydrogens is 322 g/mol. The van der Waals surface area contributed by atoms with Gasteiger partial charge in [-0.2, -0.15) is 0 Å².